The lowest BCUT2D eigenvalue weighted by Gasteiger charge is -2.09. The van der Waals surface area contributed by atoms with E-state index in [4.69, 9.17) is 0 Å². The van der Waals surface area contributed by atoms with Crippen molar-refractivity contribution in [2.45, 2.75) is 40.0 Å². The van der Waals surface area contributed by atoms with Gasteiger partial charge in [-0.05, 0) is 39.0 Å². The van der Waals surface area contributed by atoms with Gasteiger partial charge >= 0.3 is 0 Å². The molecule has 0 saturated heterocycles. The smallest absolute Gasteiger partial charge is 0.0325 e. The third-order valence-corrected chi connectivity index (χ3v) is 2.40. The minimum absolute atomic E-state index is 0.949. The second-order valence-corrected chi connectivity index (χ2v) is 4.03. The molecule has 0 saturated carbocycles. The molecule has 0 radical (unpaired) electrons. The molecule has 0 N–H and O–H groups in total. The third-order valence-electron chi connectivity index (χ3n) is 2.40. The summed E-state index contributed by atoms with van der Waals surface area (Å²) < 4.78 is 0. The van der Waals surface area contributed by atoms with Gasteiger partial charge < -0.3 is 0 Å². The van der Waals surface area contributed by atoms with Crippen LogP contribution < -0.4 is 0 Å². The van der Waals surface area contributed by atoms with Crippen molar-refractivity contribution in [2.24, 2.45) is 5.92 Å². The highest BCUT2D eigenvalue weighted by molar-refractivity contribution is 5.18. The van der Waals surface area contributed by atoms with Gasteiger partial charge in [-0.2, -0.15) is 0 Å². The first kappa shape index (κ1) is 14.0. The molecule has 0 bridgehead atoms. The van der Waals surface area contributed by atoms with E-state index in [0.717, 1.165) is 5.92 Å². The van der Waals surface area contributed by atoms with Crippen LogP contribution in [0.4, 0.5) is 0 Å². The van der Waals surface area contributed by atoms with E-state index >= 15 is 0 Å². The van der Waals surface area contributed by atoms with E-state index in [9.17, 15) is 0 Å². The normalized spacial score (nSPS) is 21.0. The Bertz CT molecular complexity index is 241. The molecule has 0 aliphatic heterocycles. The first-order chi connectivity index (χ1) is 7.20. The van der Waals surface area contributed by atoms with Crippen molar-refractivity contribution in [3.8, 4) is 0 Å². The maximum atomic E-state index is 3.61. The first-order valence-electron chi connectivity index (χ1n) is 5.77. The zero-order valence-electron chi connectivity index (χ0n) is 10.4. The maximum Gasteiger partial charge on any atom is -0.0325 e. The van der Waals surface area contributed by atoms with E-state index in [1.54, 1.807) is 0 Å². The second kappa shape index (κ2) is 9.51. The molecule has 0 aromatic carbocycles. The van der Waals surface area contributed by atoms with Gasteiger partial charge in [0.25, 0.3) is 0 Å². The zero-order valence-corrected chi connectivity index (χ0v) is 10.4. The highest BCUT2D eigenvalue weighted by atomic mass is 14.1. The van der Waals surface area contributed by atoms with E-state index < -0.39 is 0 Å². The Labute approximate surface area is 95.1 Å². The Hall–Kier alpha value is -1.04. The molecule has 15 heavy (non-hydrogen) atoms. The van der Waals surface area contributed by atoms with Crippen molar-refractivity contribution in [3.05, 3.63) is 48.6 Å². The summed E-state index contributed by atoms with van der Waals surface area (Å²) in [6.45, 7) is 9.93. The topological polar surface area (TPSA) is 0 Å². The zero-order chi connectivity index (χ0) is 11.5. The van der Waals surface area contributed by atoms with Crippen LogP contribution in [0.1, 0.15) is 40.0 Å². The number of hydrogen-bond acceptors (Lipinski definition) is 0. The fourth-order valence-electron chi connectivity index (χ4n) is 1.26. The highest BCUT2D eigenvalue weighted by Crippen LogP contribution is 2.15. The van der Waals surface area contributed by atoms with Crippen molar-refractivity contribution in [2.75, 3.05) is 0 Å². The van der Waals surface area contributed by atoms with Crippen LogP contribution in [0.5, 0.6) is 0 Å². The fraction of sp³-hybridized carbons (Fsp3) is 0.467. The number of hydrogen-bond donors (Lipinski definition) is 0. The molecule has 0 amide bonds. The van der Waals surface area contributed by atoms with Crippen LogP contribution in [-0.4, -0.2) is 0 Å². The van der Waals surface area contributed by atoms with Crippen molar-refractivity contribution >= 4 is 0 Å². The van der Waals surface area contributed by atoms with Crippen molar-refractivity contribution in [1.29, 1.82) is 0 Å². The second-order valence-electron chi connectivity index (χ2n) is 4.03. The van der Waals surface area contributed by atoms with Gasteiger partial charge in [0.05, 0.1) is 0 Å². The van der Waals surface area contributed by atoms with E-state index in [1.807, 2.05) is 38.2 Å². The molecular weight excluding hydrogens is 180 g/mol. The average Bonchev–Trinajstić information content (AvgIpc) is 2.28. The van der Waals surface area contributed by atoms with Gasteiger partial charge in [-0.3, -0.25) is 0 Å². The van der Waals surface area contributed by atoms with E-state index in [1.165, 1.54) is 24.8 Å². The van der Waals surface area contributed by atoms with E-state index in [2.05, 4.69) is 25.7 Å². The van der Waals surface area contributed by atoms with Crippen LogP contribution in [0.25, 0.3) is 0 Å². The van der Waals surface area contributed by atoms with Crippen LogP contribution in [0.15, 0.2) is 48.6 Å². The summed E-state index contributed by atoms with van der Waals surface area (Å²) in [7, 11) is 0. The molecule has 84 valence electrons. The molecule has 1 rings (SSSR count). The summed E-state index contributed by atoms with van der Waals surface area (Å²) in [6.07, 6.45) is 16.4. The Morgan fingerprint density at radius 3 is 2.47 bits per heavy atom. The van der Waals surface area contributed by atoms with Gasteiger partial charge in [0, 0.05) is 0 Å². The predicted molar refractivity (Wildman–Crippen MR) is 70.9 cm³/mol. The van der Waals surface area contributed by atoms with Crippen LogP contribution in [0.2, 0.25) is 0 Å². The Morgan fingerprint density at radius 1 is 1.40 bits per heavy atom. The summed E-state index contributed by atoms with van der Waals surface area (Å²) in [5.74, 6) is 0.949. The Morgan fingerprint density at radius 2 is 2.13 bits per heavy atom. The fourth-order valence-corrected chi connectivity index (χ4v) is 1.26. The number of allylic oxidation sites excluding steroid dienone is 7. The van der Waals surface area contributed by atoms with Crippen molar-refractivity contribution < 1.29 is 0 Å². The monoisotopic (exact) mass is 204 g/mol. The summed E-state index contributed by atoms with van der Waals surface area (Å²) in [5.41, 5.74) is 1.20. The van der Waals surface area contributed by atoms with Crippen LogP contribution in [-0.2, 0) is 0 Å². The summed E-state index contributed by atoms with van der Waals surface area (Å²) in [4.78, 5) is 0. The number of rotatable bonds is 2. The predicted octanol–water partition coefficient (Wildman–Crippen LogP) is 5.06. The molecule has 1 unspecified atom stereocenters. The minimum atomic E-state index is 0.949. The Balaban J connectivity index is 0.000000262. The largest absolute Gasteiger partial charge is 0.0988 e. The lowest BCUT2D eigenvalue weighted by molar-refractivity contribution is 0.527. The van der Waals surface area contributed by atoms with Crippen LogP contribution in [0.3, 0.4) is 0 Å². The first-order valence-corrected chi connectivity index (χ1v) is 5.77. The van der Waals surface area contributed by atoms with Gasteiger partial charge in [-0.25, -0.2) is 0 Å². The molecule has 0 heterocycles. The van der Waals surface area contributed by atoms with E-state index in [0.29, 0.717) is 0 Å². The summed E-state index contributed by atoms with van der Waals surface area (Å²) in [6, 6.07) is 0. The molecule has 0 aromatic rings. The molecule has 0 fully saturated rings. The van der Waals surface area contributed by atoms with Crippen LogP contribution in [0, 0.1) is 5.92 Å². The van der Waals surface area contributed by atoms with Gasteiger partial charge in [0.2, 0.25) is 0 Å². The molecule has 1 aliphatic rings. The SMILES string of the molecule is C=C/C(C)=C\C=C/C.CC1CC=CCC1. The minimum Gasteiger partial charge on any atom is -0.0988 e. The molecule has 1 atom stereocenters. The van der Waals surface area contributed by atoms with Gasteiger partial charge in [0.15, 0.2) is 0 Å². The maximum absolute atomic E-state index is 3.61. The molecule has 0 heteroatoms. The molecule has 0 spiro atoms. The molecular formula is C15H24. The molecule has 0 nitrogen and oxygen atoms in total. The lowest BCUT2D eigenvalue weighted by atomic mass is 9.97. The summed E-state index contributed by atoms with van der Waals surface area (Å²) >= 11 is 0. The van der Waals surface area contributed by atoms with E-state index in [-0.39, 0.29) is 0 Å². The van der Waals surface area contributed by atoms with Gasteiger partial charge in [0.1, 0.15) is 0 Å². The standard InChI is InChI=1S/C8H12.C7H12/c1-4-6-7-8(3)5-2;1-7-5-3-2-4-6-7/h4-7H,2H2,1,3H3;2-3,7H,4-6H2,1H3/b6-4-,8-7-;. The lowest BCUT2D eigenvalue weighted by Crippen LogP contribution is -1.94. The molecule has 1 aliphatic carbocycles. The highest BCUT2D eigenvalue weighted by Gasteiger charge is 2.00. The molecule has 0 aromatic heterocycles. The Kier molecular flexibility index (Phi) is 8.85. The van der Waals surface area contributed by atoms with Crippen molar-refractivity contribution in [3.63, 3.8) is 0 Å². The van der Waals surface area contributed by atoms with Gasteiger partial charge in [-0.15, -0.1) is 0 Å². The average molecular weight is 204 g/mol. The quantitative estimate of drug-likeness (QED) is 0.436. The van der Waals surface area contributed by atoms with Gasteiger partial charge in [-0.1, -0.05) is 55.5 Å². The van der Waals surface area contributed by atoms with Crippen LogP contribution >= 0.6 is 0 Å². The third kappa shape index (κ3) is 9.27. The van der Waals surface area contributed by atoms with Crippen molar-refractivity contribution in [1.82, 2.24) is 0 Å². The summed E-state index contributed by atoms with van der Waals surface area (Å²) in [5, 5.41) is 0.